The van der Waals surface area contributed by atoms with E-state index in [9.17, 15) is 9.90 Å². The maximum absolute atomic E-state index is 12.4. The van der Waals surface area contributed by atoms with Gasteiger partial charge in [-0.2, -0.15) is 0 Å². The Morgan fingerprint density at radius 2 is 1.93 bits per heavy atom. The highest BCUT2D eigenvalue weighted by atomic mass is 35.5. The summed E-state index contributed by atoms with van der Waals surface area (Å²) in [5.74, 6) is -0.634. The van der Waals surface area contributed by atoms with Crippen LogP contribution in [0.5, 0.6) is 5.88 Å². The van der Waals surface area contributed by atoms with E-state index in [2.05, 4.69) is 10.2 Å². The summed E-state index contributed by atoms with van der Waals surface area (Å²) in [4.78, 5) is 13.7. The van der Waals surface area contributed by atoms with Crippen molar-refractivity contribution >= 4 is 45.7 Å². The van der Waals surface area contributed by atoms with Crippen LogP contribution in [0.3, 0.4) is 0 Å². The van der Waals surface area contributed by atoms with E-state index >= 15 is 0 Å². The van der Waals surface area contributed by atoms with Gasteiger partial charge in [-0.15, -0.1) is 10.2 Å². The fourth-order valence-electron chi connectivity index (χ4n) is 3.38. The third kappa shape index (κ3) is 4.13. The highest BCUT2D eigenvalue weighted by Crippen LogP contribution is 2.38. The third-order valence-corrected chi connectivity index (χ3v) is 5.45. The number of aromatic hydroxyl groups is 1. The largest absolute Gasteiger partial charge is 0.493 e. The predicted octanol–water partition coefficient (Wildman–Crippen LogP) is 3.45. The average Bonchev–Trinajstić information content (AvgIpc) is 2.98. The van der Waals surface area contributed by atoms with Gasteiger partial charge in [0, 0.05) is 10.4 Å². The van der Waals surface area contributed by atoms with Crippen LogP contribution in [0.15, 0.2) is 52.7 Å². The Morgan fingerprint density at radius 3 is 2.69 bits per heavy atom. The fourth-order valence-corrected chi connectivity index (χ4v) is 3.87. The second-order valence-corrected chi connectivity index (χ2v) is 7.61. The van der Waals surface area contributed by atoms with Crippen LogP contribution in [0.4, 0.5) is 5.69 Å². The van der Waals surface area contributed by atoms with Gasteiger partial charge in [-0.25, -0.2) is 0 Å². The van der Waals surface area contributed by atoms with Crippen molar-refractivity contribution in [1.29, 1.82) is 0 Å². The number of nitrogens with zero attached hydrogens (tertiary/aromatic N) is 3. The van der Waals surface area contributed by atoms with Gasteiger partial charge in [0.15, 0.2) is 12.4 Å². The monoisotopic (exact) mass is 433 g/mol. The topological polar surface area (TPSA) is 80.6 Å². The number of nitrogens with one attached hydrogen (secondary N) is 1. The number of halogens is 2. The molecular formula is C20H19Cl2N4O3+. The lowest BCUT2D eigenvalue weighted by atomic mass is 10.2. The number of aromatic nitrogens is 1. The molecule has 0 spiro atoms. The number of ether oxygens (including phenoxy) is 1. The van der Waals surface area contributed by atoms with E-state index in [1.807, 2.05) is 24.3 Å². The van der Waals surface area contributed by atoms with Crippen molar-refractivity contribution in [2.75, 3.05) is 26.3 Å². The molecule has 0 atom stereocenters. The maximum Gasteiger partial charge on any atom is 0.296 e. The highest BCUT2D eigenvalue weighted by molar-refractivity contribution is 6.36. The van der Waals surface area contributed by atoms with Crippen LogP contribution >= 0.6 is 23.2 Å². The van der Waals surface area contributed by atoms with Gasteiger partial charge >= 0.3 is 0 Å². The minimum absolute atomic E-state index is 0.0241. The average molecular weight is 434 g/mol. The minimum Gasteiger partial charge on any atom is -0.493 e. The molecule has 0 unspecified atom stereocenters. The van der Waals surface area contributed by atoms with Gasteiger partial charge in [0.25, 0.3) is 5.91 Å². The smallest absolute Gasteiger partial charge is 0.296 e. The van der Waals surface area contributed by atoms with Crippen molar-refractivity contribution in [1.82, 2.24) is 4.57 Å². The molecule has 150 valence electrons. The first-order chi connectivity index (χ1) is 14.0. The Balaban J connectivity index is 1.67. The molecule has 0 saturated carbocycles. The van der Waals surface area contributed by atoms with Gasteiger partial charge in [-0.3, -0.25) is 9.36 Å². The maximum atomic E-state index is 12.4. The summed E-state index contributed by atoms with van der Waals surface area (Å²) in [5, 5.41) is 20.0. The molecule has 0 radical (unpaired) electrons. The molecule has 3 aromatic rings. The van der Waals surface area contributed by atoms with Crippen LogP contribution in [0.2, 0.25) is 10.0 Å². The minimum atomic E-state index is -0.610. The van der Waals surface area contributed by atoms with Gasteiger partial charge in [0.1, 0.15) is 13.1 Å². The number of quaternary nitrogens is 1. The first kappa shape index (κ1) is 19.8. The normalized spacial score (nSPS) is 15.4. The molecule has 0 aliphatic carbocycles. The molecule has 1 aromatic heterocycles. The molecule has 2 heterocycles. The first-order valence-electron chi connectivity index (χ1n) is 9.17. The van der Waals surface area contributed by atoms with Crippen molar-refractivity contribution in [2.24, 2.45) is 10.2 Å². The number of carbonyl (C=O) groups excluding carboxylic acids is 1. The molecule has 9 heteroatoms. The second kappa shape index (κ2) is 8.51. The summed E-state index contributed by atoms with van der Waals surface area (Å²) in [5.41, 5.74) is 1.28. The lowest BCUT2D eigenvalue weighted by molar-refractivity contribution is -0.930. The Kier molecular flexibility index (Phi) is 5.82. The summed E-state index contributed by atoms with van der Waals surface area (Å²) >= 11 is 11.9. The van der Waals surface area contributed by atoms with Crippen molar-refractivity contribution in [3.8, 4) is 5.88 Å². The summed E-state index contributed by atoms with van der Waals surface area (Å²) in [6.45, 7) is 3.67. The number of rotatable bonds is 4. The van der Waals surface area contributed by atoms with Gasteiger partial charge in [-0.1, -0.05) is 41.4 Å². The molecule has 1 aliphatic heterocycles. The van der Waals surface area contributed by atoms with E-state index in [1.54, 1.807) is 10.6 Å². The zero-order valence-electron chi connectivity index (χ0n) is 15.4. The number of carbonyl (C=O) groups is 1. The molecule has 7 nitrogen and oxygen atoms in total. The highest BCUT2D eigenvalue weighted by Gasteiger charge is 2.22. The Morgan fingerprint density at radius 1 is 1.17 bits per heavy atom. The van der Waals surface area contributed by atoms with Crippen LogP contribution in [-0.2, 0) is 11.4 Å². The van der Waals surface area contributed by atoms with E-state index in [-0.39, 0.29) is 22.2 Å². The van der Waals surface area contributed by atoms with Crippen LogP contribution < -0.4 is 4.90 Å². The number of fused-ring (bicyclic) bond motifs is 1. The Bertz CT molecular complexity index is 1090. The van der Waals surface area contributed by atoms with Gasteiger partial charge < -0.3 is 14.7 Å². The molecule has 1 aliphatic rings. The van der Waals surface area contributed by atoms with E-state index in [0.717, 1.165) is 24.0 Å². The van der Waals surface area contributed by atoms with Crippen LogP contribution in [0.1, 0.15) is 10.4 Å². The van der Waals surface area contributed by atoms with E-state index in [0.29, 0.717) is 24.9 Å². The lowest BCUT2D eigenvalue weighted by Crippen LogP contribution is -3.13. The number of para-hydroxylation sites is 1. The van der Waals surface area contributed by atoms with Crippen LogP contribution in [-0.4, -0.2) is 41.9 Å². The molecule has 2 aromatic carbocycles. The standard InChI is InChI=1S/C20H18Cl2N4O3/c21-13-5-6-14(16(22)11-13)19(27)24-23-18-15-3-1-2-4-17(15)26(20(18)28)12-25-7-9-29-10-8-25/h1-6,11,28H,7-10,12H2/p+1. The fraction of sp³-hybridized carbons (Fsp3) is 0.250. The summed E-state index contributed by atoms with van der Waals surface area (Å²) in [7, 11) is 0. The number of hydrogen-bond donors (Lipinski definition) is 2. The lowest BCUT2D eigenvalue weighted by Gasteiger charge is -2.24. The first-order valence-corrected chi connectivity index (χ1v) is 9.93. The SMILES string of the molecule is O=C(N=Nc1c(O)n(C[NH+]2CCOCC2)c2ccccc12)c1ccc(Cl)cc1Cl. The summed E-state index contributed by atoms with van der Waals surface area (Å²) in [6, 6.07) is 12.0. The third-order valence-electron chi connectivity index (χ3n) is 4.90. The van der Waals surface area contributed by atoms with Gasteiger partial charge in [0.2, 0.25) is 5.88 Å². The predicted molar refractivity (Wildman–Crippen MR) is 110 cm³/mol. The summed E-state index contributed by atoms with van der Waals surface area (Å²) < 4.78 is 7.20. The van der Waals surface area contributed by atoms with Gasteiger partial charge in [0.05, 0.1) is 29.3 Å². The molecule has 2 N–H and O–H groups in total. The van der Waals surface area contributed by atoms with E-state index in [4.69, 9.17) is 27.9 Å². The molecule has 1 fully saturated rings. The number of azo groups is 1. The Labute approximate surface area is 177 Å². The number of amides is 1. The quantitative estimate of drug-likeness (QED) is 0.618. The molecule has 0 bridgehead atoms. The van der Waals surface area contributed by atoms with E-state index < -0.39 is 5.91 Å². The summed E-state index contributed by atoms with van der Waals surface area (Å²) in [6.07, 6.45) is 0. The molecule has 1 saturated heterocycles. The molecular weight excluding hydrogens is 415 g/mol. The van der Waals surface area contributed by atoms with Crippen molar-refractivity contribution < 1.29 is 19.5 Å². The van der Waals surface area contributed by atoms with Crippen molar-refractivity contribution in [3.63, 3.8) is 0 Å². The number of hydrogen-bond acceptors (Lipinski definition) is 4. The zero-order valence-corrected chi connectivity index (χ0v) is 17.0. The number of benzene rings is 2. The van der Waals surface area contributed by atoms with E-state index in [1.165, 1.54) is 17.0 Å². The van der Waals surface area contributed by atoms with Crippen molar-refractivity contribution in [2.45, 2.75) is 6.67 Å². The molecule has 1 amide bonds. The van der Waals surface area contributed by atoms with Crippen LogP contribution in [0.25, 0.3) is 10.9 Å². The van der Waals surface area contributed by atoms with Crippen molar-refractivity contribution in [3.05, 3.63) is 58.1 Å². The van der Waals surface area contributed by atoms with Crippen LogP contribution in [0, 0.1) is 0 Å². The molecule has 4 rings (SSSR count). The Hall–Kier alpha value is -2.45. The second-order valence-electron chi connectivity index (χ2n) is 6.77. The number of morpholine rings is 1. The van der Waals surface area contributed by atoms with Gasteiger partial charge in [-0.05, 0) is 24.3 Å². The zero-order chi connectivity index (χ0) is 20.4. The molecule has 29 heavy (non-hydrogen) atoms.